The molecule has 0 saturated carbocycles. The van der Waals surface area contributed by atoms with Gasteiger partial charge in [-0.1, -0.05) is 29.3 Å². The average Bonchev–Trinajstić information content (AvgIpc) is 2.52. The first kappa shape index (κ1) is 15.7. The average molecular weight is 346 g/mol. The summed E-state index contributed by atoms with van der Waals surface area (Å²) in [6.07, 6.45) is 0. The van der Waals surface area contributed by atoms with Gasteiger partial charge in [-0.3, -0.25) is 4.79 Å². The van der Waals surface area contributed by atoms with E-state index in [9.17, 15) is 4.79 Å². The molecule has 0 bridgehead atoms. The molecule has 0 aliphatic heterocycles. The van der Waals surface area contributed by atoms with Crippen LogP contribution in [0.3, 0.4) is 0 Å². The molecule has 1 amide bonds. The summed E-state index contributed by atoms with van der Waals surface area (Å²) in [6, 6.07) is 10.3. The lowest BCUT2D eigenvalue weighted by Crippen LogP contribution is -2.12. The molecule has 0 radical (unpaired) electrons. The first-order chi connectivity index (χ1) is 11.0. The number of anilines is 1. The lowest BCUT2D eigenvalue weighted by Gasteiger charge is -2.09. The molecule has 0 aliphatic carbocycles. The minimum Gasteiger partial charge on any atom is -0.321 e. The molecule has 0 fully saturated rings. The predicted octanol–water partition coefficient (Wildman–Crippen LogP) is 4.81. The van der Waals surface area contributed by atoms with E-state index in [1.54, 1.807) is 36.4 Å². The number of aryl methyl sites for hydroxylation is 2. The second-order valence-corrected chi connectivity index (χ2v) is 5.94. The van der Waals surface area contributed by atoms with Crippen molar-refractivity contribution in [1.29, 1.82) is 0 Å². The second kappa shape index (κ2) is 6.14. The number of carbonyl (C=O) groups is 1. The molecule has 0 aliphatic rings. The maximum Gasteiger partial charge on any atom is 0.255 e. The Morgan fingerprint density at radius 1 is 1.00 bits per heavy atom. The van der Waals surface area contributed by atoms with Crippen LogP contribution in [0.1, 0.15) is 21.7 Å². The van der Waals surface area contributed by atoms with E-state index in [0.29, 0.717) is 26.8 Å². The van der Waals surface area contributed by atoms with Gasteiger partial charge in [-0.2, -0.15) is 0 Å². The summed E-state index contributed by atoms with van der Waals surface area (Å²) in [5.41, 5.74) is 4.10. The molecule has 23 heavy (non-hydrogen) atoms. The van der Waals surface area contributed by atoms with Crippen LogP contribution in [0.5, 0.6) is 0 Å². The highest BCUT2D eigenvalue weighted by Crippen LogP contribution is 2.30. The number of nitrogens with zero attached hydrogens (tertiary/aromatic N) is 2. The summed E-state index contributed by atoms with van der Waals surface area (Å²) in [6.45, 7) is 3.80. The first-order valence-corrected chi connectivity index (χ1v) is 7.71. The molecule has 1 aromatic heterocycles. The van der Waals surface area contributed by atoms with Gasteiger partial charge < -0.3 is 5.32 Å². The van der Waals surface area contributed by atoms with Gasteiger partial charge in [-0.05, 0) is 44.2 Å². The SMILES string of the molecule is Cc1nc2ccc(C(=O)Nc3cccc(Cl)c3Cl)cc2nc1C. The van der Waals surface area contributed by atoms with Gasteiger partial charge in [-0.25, -0.2) is 9.97 Å². The van der Waals surface area contributed by atoms with Gasteiger partial charge in [0.2, 0.25) is 0 Å². The Morgan fingerprint density at radius 3 is 2.43 bits per heavy atom. The van der Waals surface area contributed by atoms with Gasteiger partial charge in [-0.15, -0.1) is 0 Å². The van der Waals surface area contributed by atoms with Crippen molar-refractivity contribution < 1.29 is 4.79 Å². The minimum absolute atomic E-state index is 0.281. The van der Waals surface area contributed by atoms with Crippen LogP contribution in [-0.2, 0) is 0 Å². The molecule has 6 heteroatoms. The van der Waals surface area contributed by atoms with Crippen molar-refractivity contribution in [3.05, 3.63) is 63.4 Å². The van der Waals surface area contributed by atoms with Crippen molar-refractivity contribution in [1.82, 2.24) is 9.97 Å². The summed E-state index contributed by atoms with van der Waals surface area (Å²) in [4.78, 5) is 21.3. The lowest BCUT2D eigenvalue weighted by molar-refractivity contribution is 0.102. The van der Waals surface area contributed by atoms with Crippen LogP contribution in [0.25, 0.3) is 11.0 Å². The highest BCUT2D eigenvalue weighted by atomic mass is 35.5. The molecule has 3 rings (SSSR count). The van der Waals surface area contributed by atoms with Gasteiger partial charge in [0.05, 0.1) is 38.2 Å². The van der Waals surface area contributed by atoms with E-state index >= 15 is 0 Å². The number of hydrogen-bond donors (Lipinski definition) is 1. The summed E-state index contributed by atoms with van der Waals surface area (Å²) in [5, 5.41) is 3.46. The van der Waals surface area contributed by atoms with Gasteiger partial charge >= 0.3 is 0 Å². The van der Waals surface area contributed by atoms with E-state index < -0.39 is 0 Å². The van der Waals surface area contributed by atoms with Crippen molar-refractivity contribution in [3.63, 3.8) is 0 Å². The van der Waals surface area contributed by atoms with E-state index in [-0.39, 0.29) is 5.91 Å². The van der Waals surface area contributed by atoms with E-state index in [4.69, 9.17) is 23.2 Å². The Morgan fingerprint density at radius 2 is 1.70 bits per heavy atom. The van der Waals surface area contributed by atoms with Crippen molar-refractivity contribution in [2.45, 2.75) is 13.8 Å². The first-order valence-electron chi connectivity index (χ1n) is 6.96. The Bertz CT molecular complexity index is 925. The number of nitrogens with one attached hydrogen (secondary N) is 1. The van der Waals surface area contributed by atoms with Crippen molar-refractivity contribution >= 4 is 45.8 Å². The van der Waals surface area contributed by atoms with Gasteiger partial charge in [0.1, 0.15) is 0 Å². The summed E-state index contributed by atoms with van der Waals surface area (Å²) < 4.78 is 0. The molecule has 1 N–H and O–H groups in total. The number of benzene rings is 2. The smallest absolute Gasteiger partial charge is 0.255 e. The fraction of sp³-hybridized carbons (Fsp3) is 0.118. The van der Waals surface area contributed by atoms with Crippen LogP contribution in [0.15, 0.2) is 36.4 Å². The van der Waals surface area contributed by atoms with Crippen molar-refractivity contribution in [2.75, 3.05) is 5.32 Å². The number of carbonyl (C=O) groups excluding carboxylic acids is 1. The van der Waals surface area contributed by atoms with Crippen LogP contribution >= 0.6 is 23.2 Å². The number of hydrogen-bond acceptors (Lipinski definition) is 3. The number of amides is 1. The summed E-state index contributed by atoms with van der Waals surface area (Å²) in [5.74, 6) is -0.281. The molecule has 0 spiro atoms. The third kappa shape index (κ3) is 3.14. The number of fused-ring (bicyclic) bond motifs is 1. The monoisotopic (exact) mass is 345 g/mol. The van der Waals surface area contributed by atoms with E-state index in [0.717, 1.165) is 16.9 Å². The van der Waals surface area contributed by atoms with Crippen LogP contribution in [0, 0.1) is 13.8 Å². The molecule has 1 heterocycles. The van der Waals surface area contributed by atoms with Gasteiger partial charge in [0.15, 0.2) is 0 Å². The Labute approximate surface area is 143 Å². The van der Waals surface area contributed by atoms with Crippen molar-refractivity contribution in [2.24, 2.45) is 0 Å². The quantitative estimate of drug-likeness (QED) is 0.725. The molecule has 0 unspecified atom stereocenters. The predicted molar refractivity (Wildman–Crippen MR) is 93.4 cm³/mol. The highest BCUT2D eigenvalue weighted by Gasteiger charge is 2.12. The fourth-order valence-electron chi connectivity index (χ4n) is 2.17. The van der Waals surface area contributed by atoms with Crippen LogP contribution in [-0.4, -0.2) is 15.9 Å². The van der Waals surface area contributed by atoms with E-state index in [1.165, 1.54) is 0 Å². The molecule has 3 aromatic rings. The van der Waals surface area contributed by atoms with Crippen LogP contribution in [0.4, 0.5) is 5.69 Å². The lowest BCUT2D eigenvalue weighted by atomic mass is 10.1. The summed E-state index contributed by atoms with van der Waals surface area (Å²) >= 11 is 12.0. The zero-order valence-electron chi connectivity index (χ0n) is 12.5. The highest BCUT2D eigenvalue weighted by molar-refractivity contribution is 6.44. The number of halogens is 2. The summed E-state index contributed by atoms with van der Waals surface area (Å²) in [7, 11) is 0. The Hall–Kier alpha value is -2.17. The van der Waals surface area contributed by atoms with E-state index in [1.807, 2.05) is 13.8 Å². The largest absolute Gasteiger partial charge is 0.321 e. The Balaban J connectivity index is 1.94. The fourth-order valence-corrected chi connectivity index (χ4v) is 2.51. The van der Waals surface area contributed by atoms with Crippen molar-refractivity contribution in [3.8, 4) is 0 Å². The molecular formula is C17H13Cl2N3O. The third-order valence-corrected chi connectivity index (χ3v) is 4.36. The van der Waals surface area contributed by atoms with Crippen LogP contribution in [0.2, 0.25) is 10.0 Å². The second-order valence-electron chi connectivity index (χ2n) is 5.15. The topological polar surface area (TPSA) is 54.9 Å². The van der Waals surface area contributed by atoms with Crippen LogP contribution < -0.4 is 5.32 Å². The zero-order valence-corrected chi connectivity index (χ0v) is 14.0. The molecular weight excluding hydrogens is 333 g/mol. The maximum absolute atomic E-state index is 12.4. The number of aromatic nitrogens is 2. The van der Waals surface area contributed by atoms with E-state index in [2.05, 4.69) is 15.3 Å². The molecule has 2 aromatic carbocycles. The minimum atomic E-state index is -0.281. The molecule has 4 nitrogen and oxygen atoms in total. The van der Waals surface area contributed by atoms with Gasteiger partial charge in [0, 0.05) is 5.56 Å². The molecule has 116 valence electrons. The maximum atomic E-state index is 12.4. The third-order valence-electron chi connectivity index (χ3n) is 3.54. The molecule has 0 atom stereocenters. The zero-order chi connectivity index (χ0) is 16.6. The number of rotatable bonds is 2. The van der Waals surface area contributed by atoms with Gasteiger partial charge in [0.25, 0.3) is 5.91 Å². The standard InChI is InChI=1S/C17H13Cl2N3O/c1-9-10(2)21-15-8-11(6-7-13(15)20-9)17(23)22-14-5-3-4-12(18)16(14)19/h3-8H,1-2H3,(H,22,23). The molecule has 0 saturated heterocycles. The normalized spacial score (nSPS) is 10.8. The Kier molecular flexibility index (Phi) is 4.20.